The second-order valence-electron chi connectivity index (χ2n) is 6.92. The lowest BCUT2D eigenvalue weighted by Gasteiger charge is -2.44. The van der Waals surface area contributed by atoms with Gasteiger partial charge in [0.05, 0.1) is 11.1 Å². The smallest absolute Gasteiger partial charge is 0.252 e. The number of amides is 1. The predicted molar refractivity (Wildman–Crippen MR) is 97.0 cm³/mol. The number of hydrogen-bond donors (Lipinski definition) is 1. The minimum absolute atomic E-state index is 0.131. The molecule has 0 aromatic heterocycles. The van der Waals surface area contributed by atoms with Gasteiger partial charge < -0.3 is 10.2 Å². The molecule has 0 spiro atoms. The molecule has 1 atom stereocenters. The van der Waals surface area contributed by atoms with Gasteiger partial charge in [0.2, 0.25) is 0 Å². The van der Waals surface area contributed by atoms with Crippen molar-refractivity contribution in [3.8, 4) is 17.2 Å². The van der Waals surface area contributed by atoms with Crippen molar-refractivity contribution in [2.24, 2.45) is 5.92 Å². The zero-order valence-electron chi connectivity index (χ0n) is 14.1. The van der Waals surface area contributed by atoms with Crippen molar-refractivity contribution in [3.05, 3.63) is 59.7 Å². The summed E-state index contributed by atoms with van der Waals surface area (Å²) in [6, 6.07) is 17.7. The van der Waals surface area contributed by atoms with E-state index in [0.717, 1.165) is 43.6 Å². The number of piperidine rings is 3. The summed E-state index contributed by atoms with van der Waals surface area (Å²) < 4.78 is 0. The molecule has 2 aromatic carbocycles. The highest BCUT2D eigenvalue weighted by Gasteiger charge is 2.35. The van der Waals surface area contributed by atoms with Gasteiger partial charge in [-0.1, -0.05) is 42.5 Å². The molecule has 0 saturated carbocycles. The van der Waals surface area contributed by atoms with Crippen LogP contribution in [0.4, 0.5) is 0 Å². The Morgan fingerprint density at radius 1 is 1.08 bits per heavy atom. The van der Waals surface area contributed by atoms with Gasteiger partial charge in [-0.25, -0.2) is 0 Å². The highest BCUT2D eigenvalue weighted by molar-refractivity contribution is 5.99. The van der Waals surface area contributed by atoms with Gasteiger partial charge in [0, 0.05) is 18.2 Å². The van der Waals surface area contributed by atoms with Gasteiger partial charge in [0.1, 0.15) is 6.07 Å². The lowest BCUT2D eigenvalue weighted by molar-refractivity contribution is 0.0620. The second kappa shape index (κ2) is 6.70. The van der Waals surface area contributed by atoms with E-state index in [9.17, 15) is 10.1 Å². The summed E-state index contributed by atoms with van der Waals surface area (Å²) >= 11 is 0. The van der Waals surface area contributed by atoms with Crippen LogP contribution in [0, 0.1) is 17.2 Å². The molecule has 25 heavy (non-hydrogen) atoms. The molecule has 4 heteroatoms. The Morgan fingerprint density at radius 3 is 2.48 bits per heavy atom. The highest BCUT2D eigenvalue weighted by atomic mass is 16.1. The van der Waals surface area contributed by atoms with Gasteiger partial charge >= 0.3 is 0 Å². The van der Waals surface area contributed by atoms with Gasteiger partial charge in [-0.2, -0.15) is 5.26 Å². The quantitative estimate of drug-likeness (QED) is 0.940. The Bertz CT molecular complexity index is 817. The first-order valence-corrected chi connectivity index (χ1v) is 8.88. The molecule has 3 aliphatic heterocycles. The monoisotopic (exact) mass is 331 g/mol. The molecule has 5 rings (SSSR count). The maximum absolute atomic E-state index is 12.9. The molecule has 4 nitrogen and oxygen atoms in total. The number of rotatable bonds is 3. The van der Waals surface area contributed by atoms with Crippen molar-refractivity contribution >= 4 is 5.91 Å². The summed E-state index contributed by atoms with van der Waals surface area (Å²) in [4.78, 5) is 15.3. The van der Waals surface area contributed by atoms with Gasteiger partial charge in [-0.3, -0.25) is 4.79 Å². The zero-order valence-corrected chi connectivity index (χ0v) is 14.1. The Morgan fingerprint density at radius 2 is 1.84 bits per heavy atom. The van der Waals surface area contributed by atoms with Crippen molar-refractivity contribution in [1.29, 1.82) is 5.26 Å². The standard InChI is InChI=1S/C21H21N3O/c22-13-19-17(15-5-2-1-3-6-15)7-4-8-18(19)21(25)23-20-14-24-11-9-16(20)10-12-24/h1-8,16,20H,9-12,14H2,(H,23,25). The summed E-state index contributed by atoms with van der Waals surface area (Å²) in [5.41, 5.74) is 2.69. The molecule has 126 valence electrons. The fourth-order valence-electron chi connectivity index (χ4n) is 4.10. The van der Waals surface area contributed by atoms with Crippen molar-refractivity contribution < 1.29 is 4.79 Å². The van der Waals surface area contributed by atoms with Crippen LogP contribution in [0.1, 0.15) is 28.8 Å². The van der Waals surface area contributed by atoms with Crippen molar-refractivity contribution in [1.82, 2.24) is 10.2 Å². The van der Waals surface area contributed by atoms with Gasteiger partial charge in [0.15, 0.2) is 0 Å². The highest BCUT2D eigenvalue weighted by Crippen LogP contribution is 2.29. The SMILES string of the molecule is N#Cc1c(C(=O)NC2CN3CCC2CC3)cccc1-c1ccccc1. The van der Waals surface area contributed by atoms with Gasteiger partial charge in [0.25, 0.3) is 5.91 Å². The van der Waals surface area contributed by atoms with E-state index in [1.807, 2.05) is 42.5 Å². The molecule has 1 unspecified atom stereocenters. The van der Waals surface area contributed by atoms with Crippen LogP contribution in [0.3, 0.4) is 0 Å². The maximum atomic E-state index is 12.9. The van der Waals surface area contributed by atoms with Crippen LogP contribution in [-0.2, 0) is 0 Å². The van der Waals surface area contributed by atoms with Gasteiger partial charge in [-0.05, 0) is 43.5 Å². The Kier molecular flexibility index (Phi) is 4.25. The minimum atomic E-state index is -0.131. The van der Waals surface area contributed by atoms with Crippen molar-refractivity contribution in [2.75, 3.05) is 19.6 Å². The predicted octanol–water partition coefficient (Wildman–Crippen LogP) is 3.05. The maximum Gasteiger partial charge on any atom is 0.252 e. The van der Waals surface area contributed by atoms with E-state index in [2.05, 4.69) is 16.3 Å². The van der Waals surface area contributed by atoms with E-state index < -0.39 is 0 Å². The number of nitrogens with one attached hydrogen (secondary N) is 1. The Hall–Kier alpha value is -2.64. The molecule has 3 heterocycles. The minimum Gasteiger partial charge on any atom is -0.348 e. The molecule has 0 aliphatic carbocycles. The fourth-order valence-corrected chi connectivity index (χ4v) is 4.10. The number of carbonyl (C=O) groups excluding carboxylic acids is 1. The third kappa shape index (κ3) is 3.04. The Labute approximate surface area is 148 Å². The largest absolute Gasteiger partial charge is 0.348 e. The average molecular weight is 331 g/mol. The van der Waals surface area contributed by atoms with Crippen LogP contribution in [0.15, 0.2) is 48.5 Å². The topological polar surface area (TPSA) is 56.1 Å². The van der Waals surface area contributed by atoms with E-state index >= 15 is 0 Å². The van der Waals surface area contributed by atoms with Crippen LogP contribution in [0.5, 0.6) is 0 Å². The number of nitriles is 1. The summed E-state index contributed by atoms with van der Waals surface area (Å²) in [5.74, 6) is 0.435. The first-order valence-electron chi connectivity index (χ1n) is 8.88. The van der Waals surface area contributed by atoms with Crippen LogP contribution >= 0.6 is 0 Å². The van der Waals surface area contributed by atoms with E-state index in [4.69, 9.17) is 0 Å². The molecule has 1 N–H and O–H groups in total. The summed E-state index contributed by atoms with van der Waals surface area (Å²) in [6.45, 7) is 3.21. The van der Waals surface area contributed by atoms with E-state index in [1.54, 1.807) is 6.07 Å². The van der Waals surface area contributed by atoms with Crippen LogP contribution < -0.4 is 5.32 Å². The zero-order chi connectivity index (χ0) is 17.2. The summed E-state index contributed by atoms with van der Waals surface area (Å²) in [6.07, 6.45) is 2.31. The van der Waals surface area contributed by atoms with E-state index in [0.29, 0.717) is 17.0 Å². The molecule has 3 fully saturated rings. The third-order valence-electron chi connectivity index (χ3n) is 5.48. The molecule has 3 saturated heterocycles. The first-order chi connectivity index (χ1) is 12.3. The number of benzene rings is 2. The van der Waals surface area contributed by atoms with E-state index in [1.165, 1.54) is 0 Å². The molecule has 0 radical (unpaired) electrons. The Balaban J connectivity index is 1.62. The number of carbonyl (C=O) groups is 1. The molecular weight excluding hydrogens is 310 g/mol. The first kappa shape index (κ1) is 15.9. The number of hydrogen-bond acceptors (Lipinski definition) is 3. The lowest BCUT2D eigenvalue weighted by Crippen LogP contribution is -2.57. The fraction of sp³-hybridized carbons (Fsp3) is 0.333. The normalized spacial score (nSPS) is 24.5. The van der Waals surface area contributed by atoms with Crippen molar-refractivity contribution in [3.63, 3.8) is 0 Å². The summed E-state index contributed by atoms with van der Waals surface area (Å²) in [7, 11) is 0. The molecule has 1 amide bonds. The number of nitrogens with zero attached hydrogens (tertiary/aromatic N) is 2. The van der Waals surface area contributed by atoms with Crippen LogP contribution in [0.2, 0.25) is 0 Å². The van der Waals surface area contributed by atoms with Crippen LogP contribution in [0.25, 0.3) is 11.1 Å². The third-order valence-corrected chi connectivity index (χ3v) is 5.48. The van der Waals surface area contributed by atoms with E-state index in [-0.39, 0.29) is 11.9 Å². The molecule has 2 bridgehead atoms. The molecular formula is C21H21N3O. The van der Waals surface area contributed by atoms with Crippen molar-refractivity contribution in [2.45, 2.75) is 18.9 Å². The second-order valence-corrected chi connectivity index (χ2v) is 6.92. The number of fused-ring (bicyclic) bond motifs is 3. The average Bonchev–Trinajstić information content (AvgIpc) is 2.69. The molecule has 3 aliphatic rings. The lowest BCUT2D eigenvalue weighted by atomic mass is 9.84. The molecule has 2 aromatic rings. The van der Waals surface area contributed by atoms with Crippen LogP contribution in [-0.4, -0.2) is 36.5 Å². The summed E-state index contributed by atoms with van der Waals surface area (Å²) in [5, 5.41) is 12.9. The van der Waals surface area contributed by atoms with Gasteiger partial charge in [-0.15, -0.1) is 0 Å².